The Morgan fingerprint density at radius 2 is 2.50 bits per heavy atom. The predicted molar refractivity (Wildman–Crippen MR) is 51.5 cm³/mol. The first-order valence-electron chi connectivity index (χ1n) is 4.52. The number of ether oxygens (including phenoxy) is 1. The minimum atomic E-state index is 0.284. The fourth-order valence-electron chi connectivity index (χ4n) is 1.22. The van der Waals surface area contributed by atoms with Crippen molar-refractivity contribution in [1.82, 2.24) is 0 Å². The van der Waals surface area contributed by atoms with Gasteiger partial charge in [0.1, 0.15) is 6.61 Å². The van der Waals surface area contributed by atoms with E-state index < -0.39 is 0 Å². The van der Waals surface area contributed by atoms with Crippen molar-refractivity contribution in [2.75, 3.05) is 24.7 Å². The van der Waals surface area contributed by atoms with Crippen molar-refractivity contribution in [3.63, 3.8) is 0 Å². The van der Waals surface area contributed by atoms with Gasteiger partial charge < -0.3 is 4.74 Å². The van der Waals surface area contributed by atoms with Crippen LogP contribution in [0, 0.1) is 5.92 Å². The molecule has 0 saturated carbocycles. The van der Waals surface area contributed by atoms with Gasteiger partial charge in [0.05, 0.1) is 0 Å². The van der Waals surface area contributed by atoms with E-state index in [2.05, 4.69) is 6.92 Å². The lowest BCUT2D eigenvalue weighted by atomic mass is 10.1. The van der Waals surface area contributed by atoms with E-state index in [1.807, 2.05) is 11.8 Å². The van der Waals surface area contributed by atoms with Crippen LogP contribution in [0.5, 0.6) is 0 Å². The maximum absolute atomic E-state index is 11.4. The van der Waals surface area contributed by atoms with Gasteiger partial charge in [-0.15, -0.1) is 0 Å². The zero-order valence-corrected chi connectivity index (χ0v) is 8.36. The minimum Gasteiger partial charge on any atom is -0.374 e. The number of rotatable bonds is 5. The Bertz CT molecular complexity index is 141. The molecule has 1 fully saturated rings. The van der Waals surface area contributed by atoms with Crippen LogP contribution in [0.15, 0.2) is 0 Å². The Labute approximate surface area is 78.1 Å². The summed E-state index contributed by atoms with van der Waals surface area (Å²) in [6, 6.07) is 0. The number of carbonyl (C=O) groups is 1. The van der Waals surface area contributed by atoms with E-state index >= 15 is 0 Å². The molecule has 1 rings (SSSR count). The maximum Gasteiger partial charge on any atom is 0.162 e. The van der Waals surface area contributed by atoms with E-state index in [1.54, 1.807) is 0 Å². The Morgan fingerprint density at radius 1 is 1.67 bits per heavy atom. The zero-order chi connectivity index (χ0) is 8.81. The largest absolute Gasteiger partial charge is 0.374 e. The number of hydrogen-bond acceptors (Lipinski definition) is 3. The molecular formula is C9H16O2S. The molecule has 1 aliphatic heterocycles. The number of ketones is 1. The molecule has 3 heteroatoms. The summed E-state index contributed by atoms with van der Waals surface area (Å²) < 4.78 is 5.20. The average molecular weight is 188 g/mol. The molecular weight excluding hydrogens is 172 g/mol. The SMILES string of the molecule is CCCOCC(=O)C1CCSC1. The van der Waals surface area contributed by atoms with Gasteiger partial charge in [-0.2, -0.15) is 11.8 Å². The van der Waals surface area contributed by atoms with Crippen LogP contribution in [-0.2, 0) is 9.53 Å². The quantitative estimate of drug-likeness (QED) is 0.615. The van der Waals surface area contributed by atoms with E-state index in [0.717, 1.165) is 24.3 Å². The summed E-state index contributed by atoms with van der Waals surface area (Å²) in [5.74, 6) is 2.73. The van der Waals surface area contributed by atoms with E-state index in [1.165, 1.54) is 0 Å². The molecule has 1 heterocycles. The van der Waals surface area contributed by atoms with Crippen LogP contribution in [0.4, 0.5) is 0 Å². The highest BCUT2D eigenvalue weighted by Crippen LogP contribution is 2.23. The maximum atomic E-state index is 11.4. The Morgan fingerprint density at radius 3 is 3.08 bits per heavy atom. The smallest absolute Gasteiger partial charge is 0.162 e. The van der Waals surface area contributed by atoms with E-state index in [0.29, 0.717) is 19.0 Å². The van der Waals surface area contributed by atoms with E-state index in [-0.39, 0.29) is 5.92 Å². The first-order chi connectivity index (χ1) is 5.84. The highest BCUT2D eigenvalue weighted by atomic mass is 32.2. The van der Waals surface area contributed by atoms with Crippen molar-refractivity contribution in [1.29, 1.82) is 0 Å². The van der Waals surface area contributed by atoms with Crippen molar-refractivity contribution in [2.45, 2.75) is 19.8 Å². The summed E-state index contributed by atoms with van der Waals surface area (Å²) in [6.45, 7) is 3.10. The Hall–Kier alpha value is -0.0200. The van der Waals surface area contributed by atoms with E-state index in [9.17, 15) is 4.79 Å². The highest BCUT2D eigenvalue weighted by molar-refractivity contribution is 7.99. The normalized spacial score (nSPS) is 22.9. The number of Topliss-reactive ketones (excluding diaryl/α,β-unsaturated/α-hetero) is 1. The standard InChI is InChI=1S/C9H16O2S/c1-2-4-11-6-9(10)8-3-5-12-7-8/h8H,2-7H2,1H3. The molecule has 0 radical (unpaired) electrons. The summed E-state index contributed by atoms with van der Waals surface area (Å²) in [5.41, 5.74) is 0. The predicted octanol–water partition coefficient (Wildman–Crippen LogP) is 1.74. The molecule has 70 valence electrons. The summed E-state index contributed by atoms with van der Waals surface area (Å²) in [7, 11) is 0. The Balaban J connectivity index is 2.10. The summed E-state index contributed by atoms with van der Waals surface area (Å²) in [6.07, 6.45) is 2.05. The van der Waals surface area contributed by atoms with Crippen molar-refractivity contribution < 1.29 is 9.53 Å². The lowest BCUT2D eigenvalue weighted by molar-refractivity contribution is -0.126. The van der Waals surface area contributed by atoms with Gasteiger partial charge in [0.25, 0.3) is 0 Å². The molecule has 0 aromatic rings. The average Bonchev–Trinajstić information content (AvgIpc) is 2.56. The molecule has 0 aliphatic carbocycles. The third kappa shape index (κ3) is 3.15. The summed E-state index contributed by atoms with van der Waals surface area (Å²) >= 11 is 1.87. The van der Waals surface area contributed by atoms with Crippen LogP contribution in [-0.4, -0.2) is 30.5 Å². The summed E-state index contributed by atoms with van der Waals surface area (Å²) in [4.78, 5) is 11.4. The van der Waals surface area contributed by atoms with Gasteiger partial charge in [0.15, 0.2) is 5.78 Å². The number of thioether (sulfide) groups is 1. The van der Waals surface area contributed by atoms with Gasteiger partial charge in [-0.3, -0.25) is 4.79 Å². The molecule has 0 spiro atoms. The fourth-order valence-corrected chi connectivity index (χ4v) is 2.48. The van der Waals surface area contributed by atoms with Gasteiger partial charge in [-0.05, 0) is 18.6 Å². The molecule has 0 aromatic heterocycles. The third-order valence-corrected chi connectivity index (χ3v) is 3.14. The second kappa shape index (κ2) is 5.60. The number of carbonyl (C=O) groups excluding carboxylic acids is 1. The molecule has 0 bridgehead atoms. The molecule has 1 unspecified atom stereocenters. The van der Waals surface area contributed by atoms with Gasteiger partial charge in [0.2, 0.25) is 0 Å². The van der Waals surface area contributed by atoms with Crippen molar-refractivity contribution in [2.24, 2.45) is 5.92 Å². The highest BCUT2D eigenvalue weighted by Gasteiger charge is 2.22. The molecule has 1 atom stereocenters. The fraction of sp³-hybridized carbons (Fsp3) is 0.889. The van der Waals surface area contributed by atoms with Gasteiger partial charge in [0, 0.05) is 18.3 Å². The Kier molecular flexibility index (Phi) is 4.69. The molecule has 2 nitrogen and oxygen atoms in total. The molecule has 12 heavy (non-hydrogen) atoms. The van der Waals surface area contributed by atoms with Crippen molar-refractivity contribution in [3.05, 3.63) is 0 Å². The van der Waals surface area contributed by atoms with Crippen LogP contribution in [0.2, 0.25) is 0 Å². The zero-order valence-electron chi connectivity index (χ0n) is 7.54. The summed E-state index contributed by atoms with van der Waals surface area (Å²) in [5, 5.41) is 0. The minimum absolute atomic E-state index is 0.284. The monoisotopic (exact) mass is 188 g/mol. The topological polar surface area (TPSA) is 26.3 Å². The third-order valence-electron chi connectivity index (χ3n) is 1.98. The second-order valence-electron chi connectivity index (χ2n) is 3.08. The lowest BCUT2D eigenvalue weighted by Gasteiger charge is -2.06. The molecule has 1 aliphatic rings. The van der Waals surface area contributed by atoms with Gasteiger partial charge >= 0.3 is 0 Å². The first kappa shape index (κ1) is 10.1. The molecule has 0 amide bonds. The lowest BCUT2D eigenvalue weighted by Crippen LogP contribution is -2.19. The molecule has 0 N–H and O–H groups in total. The van der Waals surface area contributed by atoms with E-state index in [4.69, 9.17) is 4.74 Å². The second-order valence-corrected chi connectivity index (χ2v) is 4.23. The molecule has 1 saturated heterocycles. The van der Waals surface area contributed by atoms with Crippen LogP contribution >= 0.6 is 11.8 Å². The van der Waals surface area contributed by atoms with Gasteiger partial charge in [-0.1, -0.05) is 6.92 Å². The van der Waals surface area contributed by atoms with Crippen LogP contribution < -0.4 is 0 Å². The van der Waals surface area contributed by atoms with Crippen LogP contribution in [0.1, 0.15) is 19.8 Å². The van der Waals surface area contributed by atoms with Crippen molar-refractivity contribution in [3.8, 4) is 0 Å². The van der Waals surface area contributed by atoms with Crippen LogP contribution in [0.3, 0.4) is 0 Å². The number of hydrogen-bond donors (Lipinski definition) is 0. The molecule has 0 aromatic carbocycles. The van der Waals surface area contributed by atoms with Crippen LogP contribution in [0.25, 0.3) is 0 Å². The van der Waals surface area contributed by atoms with Gasteiger partial charge in [-0.25, -0.2) is 0 Å². The first-order valence-corrected chi connectivity index (χ1v) is 5.68. The van der Waals surface area contributed by atoms with Crippen molar-refractivity contribution >= 4 is 17.5 Å².